The van der Waals surface area contributed by atoms with E-state index in [1.54, 1.807) is 0 Å². The molecular formula is C23H23NO. The molecule has 25 heavy (non-hydrogen) atoms. The maximum absolute atomic E-state index is 12.6. The maximum atomic E-state index is 12.6. The maximum Gasteiger partial charge on any atom is 0.225 e. The first-order chi connectivity index (χ1) is 12.1. The molecule has 3 rings (SSSR count). The van der Waals surface area contributed by atoms with Gasteiger partial charge >= 0.3 is 0 Å². The lowest BCUT2D eigenvalue weighted by atomic mass is 9.97. The summed E-state index contributed by atoms with van der Waals surface area (Å²) in [5.74, 6) is 0.0262. The average Bonchev–Trinajstić information content (AvgIpc) is 2.63. The molecule has 0 saturated carbocycles. The highest BCUT2D eigenvalue weighted by molar-refractivity contribution is 5.79. The van der Waals surface area contributed by atoms with Gasteiger partial charge in [0.25, 0.3) is 0 Å². The van der Waals surface area contributed by atoms with Crippen molar-refractivity contribution < 1.29 is 4.79 Å². The fraction of sp³-hybridized carbons (Fsp3) is 0.174. The van der Waals surface area contributed by atoms with E-state index in [-0.39, 0.29) is 11.9 Å². The van der Waals surface area contributed by atoms with E-state index in [0.29, 0.717) is 6.42 Å². The van der Waals surface area contributed by atoms with Gasteiger partial charge in [-0.05, 0) is 30.5 Å². The standard InChI is InChI=1S/C23H23NO/c1-17-8-12-19(13-9-17)16-22(25)24-23(20-6-4-3-5-7-20)21-14-10-18(2)11-15-21/h3-15,23H,16H2,1-2H3,(H,24,25)/t23-/m1/s1. The van der Waals surface area contributed by atoms with Crippen molar-refractivity contribution in [3.8, 4) is 0 Å². The monoisotopic (exact) mass is 329 g/mol. The molecule has 1 amide bonds. The second kappa shape index (κ2) is 7.80. The first-order valence-electron chi connectivity index (χ1n) is 8.58. The number of hydrogen-bond acceptors (Lipinski definition) is 1. The summed E-state index contributed by atoms with van der Waals surface area (Å²) in [6.45, 7) is 4.12. The zero-order valence-electron chi connectivity index (χ0n) is 14.7. The third-order valence-corrected chi connectivity index (χ3v) is 4.33. The van der Waals surface area contributed by atoms with Gasteiger partial charge in [0, 0.05) is 0 Å². The van der Waals surface area contributed by atoms with Crippen LogP contribution < -0.4 is 5.32 Å². The van der Waals surface area contributed by atoms with Crippen LogP contribution in [-0.2, 0) is 11.2 Å². The first kappa shape index (κ1) is 17.0. The molecule has 126 valence electrons. The number of hydrogen-bond donors (Lipinski definition) is 1. The Morgan fingerprint density at radius 3 is 1.88 bits per heavy atom. The summed E-state index contributed by atoms with van der Waals surface area (Å²) in [6, 6.07) is 26.4. The van der Waals surface area contributed by atoms with Crippen LogP contribution in [0.5, 0.6) is 0 Å². The molecule has 0 spiro atoms. The van der Waals surface area contributed by atoms with E-state index in [0.717, 1.165) is 16.7 Å². The normalized spacial score (nSPS) is 11.8. The van der Waals surface area contributed by atoms with Gasteiger partial charge in [-0.2, -0.15) is 0 Å². The molecule has 2 heteroatoms. The fourth-order valence-electron chi connectivity index (χ4n) is 2.87. The third-order valence-electron chi connectivity index (χ3n) is 4.33. The number of benzene rings is 3. The molecule has 1 N–H and O–H groups in total. The van der Waals surface area contributed by atoms with Crippen molar-refractivity contribution in [2.75, 3.05) is 0 Å². The van der Waals surface area contributed by atoms with Gasteiger partial charge in [0.1, 0.15) is 0 Å². The van der Waals surface area contributed by atoms with Crippen LogP contribution in [0.4, 0.5) is 0 Å². The second-order valence-electron chi connectivity index (χ2n) is 6.48. The van der Waals surface area contributed by atoms with Gasteiger partial charge in [0.2, 0.25) is 5.91 Å². The molecule has 0 saturated heterocycles. The van der Waals surface area contributed by atoms with Crippen molar-refractivity contribution >= 4 is 5.91 Å². The van der Waals surface area contributed by atoms with Gasteiger partial charge in [-0.15, -0.1) is 0 Å². The Bertz CT molecular complexity index is 820. The summed E-state index contributed by atoms with van der Waals surface area (Å²) in [4.78, 5) is 12.6. The lowest BCUT2D eigenvalue weighted by Gasteiger charge is -2.20. The summed E-state index contributed by atoms with van der Waals surface area (Å²) >= 11 is 0. The molecular weight excluding hydrogens is 306 g/mol. The van der Waals surface area contributed by atoms with E-state index in [9.17, 15) is 4.79 Å². The predicted molar refractivity (Wildman–Crippen MR) is 102 cm³/mol. The molecule has 0 aromatic heterocycles. The summed E-state index contributed by atoms with van der Waals surface area (Å²) in [6.07, 6.45) is 0.384. The molecule has 0 radical (unpaired) electrons. The summed E-state index contributed by atoms with van der Waals surface area (Å²) < 4.78 is 0. The van der Waals surface area contributed by atoms with E-state index >= 15 is 0 Å². The SMILES string of the molecule is Cc1ccc(CC(=O)N[C@H](c2ccccc2)c2ccc(C)cc2)cc1. The van der Waals surface area contributed by atoms with Crippen LogP contribution in [0.15, 0.2) is 78.9 Å². The van der Waals surface area contributed by atoms with Crippen molar-refractivity contribution in [3.63, 3.8) is 0 Å². The minimum atomic E-state index is -0.139. The van der Waals surface area contributed by atoms with Crippen LogP contribution in [0.1, 0.15) is 33.9 Å². The van der Waals surface area contributed by atoms with E-state index in [1.807, 2.05) is 49.4 Å². The van der Waals surface area contributed by atoms with Crippen LogP contribution in [0, 0.1) is 13.8 Å². The van der Waals surface area contributed by atoms with Crippen molar-refractivity contribution in [2.45, 2.75) is 26.3 Å². The van der Waals surface area contributed by atoms with Crippen LogP contribution in [0.2, 0.25) is 0 Å². The number of carbonyl (C=O) groups is 1. The number of amides is 1. The lowest BCUT2D eigenvalue weighted by molar-refractivity contribution is -0.120. The topological polar surface area (TPSA) is 29.1 Å². The predicted octanol–water partition coefficient (Wildman–Crippen LogP) is 4.75. The molecule has 0 aliphatic rings. The molecule has 1 atom stereocenters. The van der Waals surface area contributed by atoms with Crippen molar-refractivity contribution in [2.24, 2.45) is 0 Å². The highest BCUT2D eigenvalue weighted by Gasteiger charge is 2.16. The number of carbonyl (C=O) groups excluding carboxylic acids is 1. The molecule has 3 aromatic carbocycles. The van der Waals surface area contributed by atoms with Crippen LogP contribution in [0.3, 0.4) is 0 Å². The van der Waals surface area contributed by atoms with Crippen molar-refractivity contribution in [1.82, 2.24) is 5.32 Å². The largest absolute Gasteiger partial charge is 0.345 e. The smallest absolute Gasteiger partial charge is 0.225 e. The summed E-state index contributed by atoms with van der Waals surface area (Å²) in [5, 5.41) is 3.19. The molecule has 3 aromatic rings. The highest BCUT2D eigenvalue weighted by atomic mass is 16.1. The third kappa shape index (κ3) is 4.57. The number of rotatable bonds is 5. The van der Waals surface area contributed by atoms with E-state index in [2.05, 4.69) is 48.6 Å². The number of aryl methyl sites for hydroxylation is 2. The Labute approximate surface area is 149 Å². The summed E-state index contributed by atoms with van der Waals surface area (Å²) in [5.41, 5.74) is 5.61. The van der Waals surface area contributed by atoms with Gasteiger partial charge in [0.05, 0.1) is 12.5 Å². The van der Waals surface area contributed by atoms with Crippen molar-refractivity contribution in [3.05, 3.63) is 107 Å². The Morgan fingerprint density at radius 1 is 0.760 bits per heavy atom. The Hall–Kier alpha value is -2.87. The Balaban J connectivity index is 1.81. The van der Waals surface area contributed by atoms with Gasteiger partial charge in [-0.3, -0.25) is 4.79 Å². The van der Waals surface area contributed by atoms with Gasteiger partial charge in [-0.25, -0.2) is 0 Å². The second-order valence-corrected chi connectivity index (χ2v) is 6.48. The molecule has 0 unspecified atom stereocenters. The van der Waals surface area contributed by atoms with E-state index in [1.165, 1.54) is 11.1 Å². The lowest BCUT2D eigenvalue weighted by Crippen LogP contribution is -2.30. The average molecular weight is 329 g/mol. The minimum Gasteiger partial charge on any atom is -0.345 e. The highest BCUT2D eigenvalue weighted by Crippen LogP contribution is 2.22. The van der Waals surface area contributed by atoms with Crippen LogP contribution in [-0.4, -0.2) is 5.91 Å². The minimum absolute atomic E-state index is 0.0262. The van der Waals surface area contributed by atoms with Gasteiger partial charge in [-0.1, -0.05) is 90.0 Å². The number of nitrogens with one attached hydrogen (secondary N) is 1. The fourth-order valence-corrected chi connectivity index (χ4v) is 2.87. The molecule has 0 bridgehead atoms. The molecule has 0 heterocycles. The first-order valence-corrected chi connectivity index (χ1v) is 8.58. The molecule has 2 nitrogen and oxygen atoms in total. The molecule has 0 fully saturated rings. The van der Waals surface area contributed by atoms with Crippen LogP contribution >= 0.6 is 0 Å². The van der Waals surface area contributed by atoms with Gasteiger partial charge in [0.15, 0.2) is 0 Å². The van der Waals surface area contributed by atoms with E-state index in [4.69, 9.17) is 0 Å². The molecule has 0 aliphatic carbocycles. The quantitative estimate of drug-likeness (QED) is 0.719. The van der Waals surface area contributed by atoms with Crippen LogP contribution in [0.25, 0.3) is 0 Å². The summed E-state index contributed by atoms with van der Waals surface area (Å²) in [7, 11) is 0. The van der Waals surface area contributed by atoms with Crippen molar-refractivity contribution in [1.29, 1.82) is 0 Å². The Kier molecular flexibility index (Phi) is 5.30. The Morgan fingerprint density at radius 2 is 1.28 bits per heavy atom. The van der Waals surface area contributed by atoms with Gasteiger partial charge < -0.3 is 5.32 Å². The zero-order valence-corrected chi connectivity index (χ0v) is 14.7. The van der Waals surface area contributed by atoms with E-state index < -0.39 is 0 Å². The zero-order chi connectivity index (χ0) is 17.6. The molecule has 0 aliphatic heterocycles.